The molecule has 0 unspecified atom stereocenters. The topological polar surface area (TPSA) is 9.23 Å². The van der Waals surface area contributed by atoms with Crippen LogP contribution in [0.3, 0.4) is 0 Å². The molecule has 0 N–H and O–H groups in total. The number of rotatable bonds is 5. The maximum absolute atomic E-state index is 13.1. The molecular formula is C11H14BrFO. The Kier molecular flexibility index (Phi) is 4.94. The first-order valence-electron chi connectivity index (χ1n) is 4.69. The smallest absolute Gasteiger partial charge is 0.165 e. The van der Waals surface area contributed by atoms with Crippen LogP contribution in [-0.2, 0) is 0 Å². The van der Waals surface area contributed by atoms with Crippen molar-refractivity contribution in [3.8, 4) is 5.75 Å². The highest BCUT2D eigenvalue weighted by Gasteiger charge is 2.02. The second-order valence-electron chi connectivity index (χ2n) is 3.18. The van der Waals surface area contributed by atoms with E-state index in [2.05, 4.69) is 15.9 Å². The Labute approximate surface area is 92.4 Å². The van der Waals surface area contributed by atoms with Gasteiger partial charge >= 0.3 is 0 Å². The summed E-state index contributed by atoms with van der Waals surface area (Å²) in [5.41, 5.74) is 1.02. The molecule has 0 bridgehead atoms. The standard InChI is InChI=1S/C11H14BrFO/c1-9-4-5-10(13)11(8-9)14-7-3-2-6-12/h4-5,8H,2-3,6-7H2,1H3. The van der Waals surface area contributed by atoms with Crippen molar-refractivity contribution < 1.29 is 9.13 Å². The Balaban J connectivity index is 2.45. The van der Waals surface area contributed by atoms with E-state index in [1.165, 1.54) is 6.07 Å². The summed E-state index contributed by atoms with van der Waals surface area (Å²) in [5, 5.41) is 0.965. The maximum Gasteiger partial charge on any atom is 0.165 e. The molecule has 14 heavy (non-hydrogen) atoms. The maximum atomic E-state index is 13.1. The van der Waals surface area contributed by atoms with Gasteiger partial charge in [0.15, 0.2) is 11.6 Å². The summed E-state index contributed by atoms with van der Waals surface area (Å²) >= 11 is 3.33. The third-order valence-corrected chi connectivity index (χ3v) is 2.43. The van der Waals surface area contributed by atoms with Gasteiger partial charge in [-0.3, -0.25) is 0 Å². The number of hydrogen-bond acceptors (Lipinski definition) is 1. The van der Waals surface area contributed by atoms with Gasteiger partial charge in [-0.1, -0.05) is 22.0 Å². The molecule has 0 aliphatic rings. The fourth-order valence-electron chi connectivity index (χ4n) is 1.10. The van der Waals surface area contributed by atoms with Crippen LogP contribution in [0.4, 0.5) is 4.39 Å². The molecule has 0 spiro atoms. The fourth-order valence-corrected chi connectivity index (χ4v) is 1.50. The molecule has 0 aliphatic heterocycles. The molecule has 1 aromatic rings. The fraction of sp³-hybridized carbons (Fsp3) is 0.455. The summed E-state index contributed by atoms with van der Waals surface area (Å²) in [6.07, 6.45) is 1.99. The molecule has 1 rings (SSSR count). The van der Waals surface area contributed by atoms with E-state index in [9.17, 15) is 4.39 Å². The van der Waals surface area contributed by atoms with Crippen molar-refractivity contribution in [3.05, 3.63) is 29.6 Å². The van der Waals surface area contributed by atoms with Crippen LogP contribution in [0.5, 0.6) is 5.75 Å². The van der Waals surface area contributed by atoms with Crippen molar-refractivity contribution in [1.82, 2.24) is 0 Å². The second-order valence-corrected chi connectivity index (χ2v) is 3.97. The number of benzene rings is 1. The molecule has 0 saturated heterocycles. The zero-order chi connectivity index (χ0) is 10.4. The Bertz CT molecular complexity index is 289. The lowest BCUT2D eigenvalue weighted by Gasteiger charge is -2.07. The highest BCUT2D eigenvalue weighted by molar-refractivity contribution is 9.09. The molecular weight excluding hydrogens is 247 g/mol. The number of alkyl halides is 1. The molecule has 0 radical (unpaired) electrons. The summed E-state index contributed by atoms with van der Waals surface area (Å²) in [6.45, 7) is 2.50. The largest absolute Gasteiger partial charge is 0.491 e. The van der Waals surface area contributed by atoms with Crippen LogP contribution in [0, 0.1) is 12.7 Å². The van der Waals surface area contributed by atoms with Gasteiger partial charge in [0.05, 0.1) is 6.61 Å². The zero-order valence-corrected chi connectivity index (χ0v) is 9.81. The van der Waals surface area contributed by atoms with Crippen molar-refractivity contribution >= 4 is 15.9 Å². The molecule has 0 atom stereocenters. The Morgan fingerprint density at radius 2 is 2.14 bits per heavy atom. The molecule has 0 aliphatic carbocycles. The van der Waals surface area contributed by atoms with Crippen molar-refractivity contribution in [1.29, 1.82) is 0 Å². The van der Waals surface area contributed by atoms with E-state index in [0.717, 1.165) is 23.7 Å². The number of ether oxygens (including phenoxy) is 1. The lowest BCUT2D eigenvalue weighted by molar-refractivity contribution is 0.294. The first-order valence-corrected chi connectivity index (χ1v) is 5.81. The van der Waals surface area contributed by atoms with E-state index >= 15 is 0 Å². The van der Waals surface area contributed by atoms with Crippen molar-refractivity contribution in [3.63, 3.8) is 0 Å². The van der Waals surface area contributed by atoms with E-state index in [4.69, 9.17) is 4.74 Å². The van der Waals surface area contributed by atoms with Gasteiger partial charge in [-0.05, 0) is 37.5 Å². The molecule has 1 aromatic carbocycles. The monoisotopic (exact) mass is 260 g/mol. The third-order valence-electron chi connectivity index (χ3n) is 1.87. The highest BCUT2D eigenvalue weighted by Crippen LogP contribution is 2.18. The van der Waals surface area contributed by atoms with Gasteiger partial charge in [-0.2, -0.15) is 0 Å². The van der Waals surface area contributed by atoms with Gasteiger partial charge in [0.1, 0.15) is 0 Å². The molecule has 0 amide bonds. The van der Waals surface area contributed by atoms with E-state index < -0.39 is 0 Å². The average Bonchev–Trinajstić information content (AvgIpc) is 2.18. The van der Waals surface area contributed by atoms with Gasteiger partial charge in [-0.25, -0.2) is 4.39 Å². The van der Waals surface area contributed by atoms with Crippen molar-refractivity contribution in [2.45, 2.75) is 19.8 Å². The molecule has 0 aromatic heterocycles. The molecule has 0 saturated carbocycles. The van der Waals surface area contributed by atoms with Gasteiger partial charge in [0.2, 0.25) is 0 Å². The third kappa shape index (κ3) is 3.66. The summed E-state index contributed by atoms with van der Waals surface area (Å²) in [6, 6.07) is 4.90. The highest BCUT2D eigenvalue weighted by atomic mass is 79.9. The molecule has 0 fully saturated rings. The van der Waals surface area contributed by atoms with E-state index in [0.29, 0.717) is 12.4 Å². The van der Waals surface area contributed by atoms with Crippen LogP contribution in [-0.4, -0.2) is 11.9 Å². The van der Waals surface area contributed by atoms with Crippen molar-refractivity contribution in [2.24, 2.45) is 0 Å². The number of aryl methyl sites for hydroxylation is 1. The van der Waals surface area contributed by atoms with Crippen molar-refractivity contribution in [2.75, 3.05) is 11.9 Å². The van der Waals surface area contributed by atoms with Crippen LogP contribution < -0.4 is 4.74 Å². The van der Waals surface area contributed by atoms with E-state index in [1.807, 2.05) is 6.92 Å². The lowest BCUT2D eigenvalue weighted by atomic mass is 10.2. The van der Waals surface area contributed by atoms with E-state index in [1.54, 1.807) is 12.1 Å². The lowest BCUT2D eigenvalue weighted by Crippen LogP contribution is -1.99. The minimum Gasteiger partial charge on any atom is -0.491 e. The van der Waals surface area contributed by atoms with Crippen LogP contribution in [0.15, 0.2) is 18.2 Å². The first kappa shape index (κ1) is 11.5. The number of unbranched alkanes of at least 4 members (excludes halogenated alkanes) is 1. The minimum atomic E-state index is -0.283. The molecule has 3 heteroatoms. The number of halogens is 2. The second kappa shape index (κ2) is 6.02. The van der Waals surface area contributed by atoms with Crippen LogP contribution >= 0.6 is 15.9 Å². The Morgan fingerprint density at radius 1 is 1.36 bits per heavy atom. The summed E-state index contributed by atoms with van der Waals surface area (Å²) in [7, 11) is 0. The van der Waals surface area contributed by atoms with E-state index in [-0.39, 0.29) is 5.82 Å². The number of hydrogen-bond donors (Lipinski definition) is 0. The normalized spacial score (nSPS) is 10.2. The molecule has 1 nitrogen and oxygen atoms in total. The van der Waals surface area contributed by atoms with Crippen LogP contribution in [0.25, 0.3) is 0 Å². The first-order chi connectivity index (χ1) is 6.74. The quantitative estimate of drug-likeness (QED) is 0.580. The Morgan fingerprint density at radius 3 is 2.86 bits per heavy atom. The van der Waals surface area contributed by atoms with Gasteiger partial charge in [0, 0.05) is 5.33 Å². The van der Waals surface area contributed by atoms with Gasteiger partial charge in [0.25, 0.3) is 0 Å². The predicted octanol–water partition coefficient (Wildman–Crippen LogP) is 3.69. The molecule has 0 heterocycles. The summed E-state index contributed by atoms with van der Waals surface area (Å²) in [5.74, 6) is 0.0778. The van der Waals surface area contributed by atoms with Gasteiger partial charge < -0.3 is 4.74 Å². The minimum absolute atomic E-state index is 0.283. The molecule has 78 valence electrons. The zero-order valence-electron chi connectivity index (χ0n) is 8.22. The summed E-state index contributed by atoms with van der Waals surface area (Å²) < 4.78 is 18.5. The Hall–Kier alpha value is -0.570. The SMILES string of the molecule is Cc1ccc(F)c(OCCCCBr)c1. The van der Waals surface area contributed by atoms with Gasteiger partial charge in [-0.15, -0.1) is 0 Å². The predicted molar refractivity (Wildman–Crippen MR) is 59.7 cm³/mol. The van der Waals surface area contributed by atoms with Crippen LogP contribution in [0.2, 0.25) is 0 Å². The van der Waals surface area contributed by atoms with Crippen LogP contribution in [0.1, 0.15) is 18.4 Å². The summed E-state index contributed by atoms with van der Waals surface area (Å²) in [4.78, 5) is 0. The average molecular weight is 261 g/mol.